The van der Waals surface area contributed by atoms with E-state index in [1.165, 1.54) is 6.07 Å². The summed E-state index contributed by atoms with van der Waals surface area (Å²) in [4.78, 5) is 0. The number of hydrogen-bond donors (Lipinski definition) is 2. The first-order valence-electron chi connectivity index (χ1n) is 5.45. The number of nitrogens with zero attached hydrogens (tertiary/aromatic N) is 2. The van der Waals surface area contributed by atoms with Gasteiger partial charge in [-0.3, -0.25) is 4.68 Å². The maximum absolute atomic E-state index is 13.7. The van der Waals surface area contributed by atoms with Gasteiger partial charge in [-0.1, -0.05) is 12.1 Å². The Morgan fingerprint density at radius 1 is 1.41 bits per heavy atom. The van der Waals surface area contributed by atoms with E-state index < -0.39 is 0 Å². The number of aryl methyl sites for hydroxylation is 1. The van der Waals surface area contributed by atoms with E-state index >= 15 is 0 Å². The lowest BCUT2D eigenvalue weighted by Crippen LogP contribution is -2.13. The molecule has 1 aromatic carbocycles. The zero-order valence-corrected chi connectivity index (χ0v) is 9.65. The lowest BCUT2D eigenvalue weighted by Gasteiger charge is -2.08. The molecular formula is C12H15FN4. The molecule has 0 spiro atoms. The lowest BCUT2D eigenvalue weighted by molar-refractivity contribution is 0.628. The summed E-state index contributed by atoms with van der Waals surface area (Å²) in [5.41, 5.74) is 7.50. The Kier molecular flexibility index (Phi) is 3.39. The smallest absolute Gasteiger partial charge is 0.132 e. The molecule has 2 aromatic rings. The van der Waals surface area contributed by atoms with Crippen molar-refractivity contribution in [1.82, 2.24) is 9.78 Å². The van der Waals surface area contributed by atoms with Crippen molar-refractivity contribution >= 4 is 5.69 Å². The van der Waals surface area contributed by atoms with Gasteiger partial charge < -0.3 is 11.1 Å². The highest BCUT2D eigenvalue weighted by atomic mass is 19.1. The fourth-order valence-electron chi connectivity index (χ4n) is 1.75. The largest absolute Gasteiger partial charge is 0.381 e. The summed E-state index contributed by atoms with van der Waals surface area (Å²) in [5.74, 6) is -0.258. The van der Waals surface area contributed by atoms with E-state index in [2.05, 4.69) is 10.4 Å². The quantitative estimate of drug-likeness (QED) is 0.844. The first-order valence-corrected chi connectivity index (χ1v) is 5.45. The zero-order chi connectivity index (χ0) is 12.3. The molecule has 0 radical (unpaired) electrons. The van der Waals surface area contributed by atoms with Gasteiger partial charge in [0, 0.05) is 25.7 Å². The summed E-state index contributed by atoms with van der Waals surface area (Å²) in [6.07, 6.45) is 1.68. The minimum absolute atomic E-state index is 0.258. The summed E-state index contributed by atoms with van der Waals surface area (Å²) >= 11 is 0. The van der Waals surface area contributed by atoms with Crippen LogP contribution < -0.4 is 11.1 Å². The topological polar surface area (TPSA) is 55.9 Å². The third kappa shape index (κ3) is 2.29. The standard InChI is InChI=1S/C12H15FN4/c1-17-12(9-4-2-3-5-10(9)13)11(8-16-17)15-7-6-14/h2-5,8,15H,6-7,14H2,1H3. The molecule has 0 aliphatic heterocycles. The first kappa shape index (κ1) is 11.6. The molecule has 3 N–H and O–H groups in total. The van der Waals surface area contributed by atoms with Gasteiger partial charge in [0.1, 0.15) is 5.82 Å². The van der Waals surface area contributed by atoms with Crippen molar-refractivity contribution in [2.75, 3.05) is 18.4 Å². The van der Waals surface area contributed by atoms with Crippen molar-refractivity contribution in [3.05, 3.63) is 36.3 Å². The molecule has 17 heavy (non-hydrogen) atoms. The van der Waals surface area contributed by atoms with E-state index in [0.29, 0.717) is 18.7 Å². The van der Waals surface area contributed by atoms with Gasteiger partial charge >= 0.3 is 0 Å². The Morgan fingerprint density at radius 3 is 2.88 bits per heavy atom. The van der Waals surface area contributed by atoms with Crippen molar-refractivity contribution in [1.29, 1.82) is 0 Å². The molecule has 0 aliphatic rings. The third-order valence-corrected chi connectivity index (χ3v) is 2.53. The van der Waals surface area contributed by atoms with E-state index in [0.717, 1.165) is 11.4 Å². The highest BCUT2D eigenvalue weighted by Gasteiger charge is 2.13. The molecule has 1 heterocycles. The molecule has 5 heteroatoms. The second kappa shape index (κ2) is 4.97. The molecule has 0 bridgehead atoms. The maximum atomic E-state index is 13.7. The first-order chi connectivity index (χ1) is 8.24. The predicted molar refractivity (Wildman–Crippen MR) is 66.1 cm³/mol. The highest BCUT2D eigenvalue weighted by Crippen LogP contribution is 2.28. The number of nitrogens with two attached hydrogens (primary N) is 1. The number of anilines is 1. The molecule has 90 valence electrons. The maximum Gasteiger partial charge on any atom is 0.132 e. The van der Waals surface area contributed by atoms with E-state index in [1.807, 2.05) is 0 Å². The molecule has 0 unspecified atom stereocenters. The van der Waals surface area contributed by atoms with E-state index in [4.69, 9.17) is 5.73 Å². The molecule has 0 atom stereocenters. The summed E-state index contributed by atoms with van der Waals surface area (Å²) in [6.45, 7) is 1.15. The Bertz CT molecular complexity index is 507. The molecule has 0 saturated carbocycles. The average Bonchev–Trinajstić information content (AvgIpc) is 2.69. The van der Waals surface area contributed by atoms with Crippen molar-refractivity contribution in [3.8, 4) is 11.3 Å². The summed E-state index contributed by atoms with van der Waals surface area (Å²) in [5, 5.41) is 7.27. The number of halogens is 1. The fraction of sp³-hybridized carbons (Fsp3) is 0.250. The Hall–Kier alpha value is -1.88. The van der Waals surface area contributed by atoms with Gasteiger partial charge in [-0.2, -0.15) is 5.10 Å². The minimum atomic E-state index is -0.258. The number of rotatable bonds is 4. The zero-order valence-electron chi connectivity index (χ0n) is 9.65. The SMILES string of the molecule is Cn1ncc(NCCN)c1-c1ccccc1F. The van der Waals surface area contributed by atoms with E-state index in [1.54, 1.807) is 36.1 Å². The van der Waals surface area contributed by atoms with Gasteiger partial charge in [0.25, 0.3) is 0 Å². The van der Waals surface area contributed by atoms with Gasteiger partial charge in [-0.15, -0.1) is 0 Å². The second-order valence-corrected chi connectivity index (χ2v) is 3.73. The number of aromatic nitrogens is 2. The molecular weight excluding hydrogens is 219 g/mol. The highest BCUT2D eigenvalue weighted by molar-refractivity contribution is 5.74. The molecule has 1 aromatic heterocycles. The van der Waals surface area contributed by atoms with E-state index in [-0.39, 0.29) is 5.82 Å². The second-order valence-electron chi connectivity index (χ2n) is 3.73. The normalized spacial score (nSPS) is 10.5. The molecule has 0 amide bonds. The van der Waals surface area contributed by atoms with Gasteiger partial charge in [-0.25, -0.2) is 4.39 Å². The van der Waals surface area contributed by atoms with Crippen LogP contribution >= 0.6 is 0 Å². The minimum Gasteiger partial charge on any atom is -0.381 e. The van der Waals surface area contributed by atoms with Crippen LogP contribution in [0.4, 0.5) is 10.1 Å². The van der Waals surface area contributed by atoms with Crippen molar-refractivity contribution in [2.45, 2.75) is 0 Å². The van der Waals surface area contributed by atoms with Gasteiger partial charge in [0.05, 0.1) is 17.6 Å². The van der Waals surface area contributed by atoms with Crippen molar-refractivity contribution in [3.63, 3.8) is 0 Å². The van der Waals surface area contributed by atoms with Crippen LogP contribution in [-0.4, -0.2) is 22.9 Å². The summed E-state index contributed by atoms with van der Waals surface area (Å²) < 4.78 is 15.4. The van der Waals surface area contributed by atoms with Crippen LogP contribution in [0.15, 0.2) is 30.5 Å². The van der Waals surface area contributed by atoms with Crippen LogP contribution in [0.2, 0.25) is 0 Å². The lowest BCUT2D eigenvalue weighted by atomic mass is 10.1. The van der Waals surface area contributed by atoms with Gasteiger partial charge in [-0.05, 0) is 12.1 Å². The van der Waals surface area contributed by atoms with Crippen LogP contribution in [0.5, 0.6) is 0 Å². The number of nitrogens with one attached hydrogen (secondary N) is 1. The Morgan fingerprint density at radius 2 is 2.18 bits per heavy atom. The summed E-state index contributed by atoms with van der Waals surface area (Å²) in [7, 11) is 1.79. The third-order valence-electron chi connectivity index (χ3n) is 2.53. The Balaban J connectivity index is 2.44. The number of benzene rings is 1. The van der Waals surface area contributed by atoms with Crippen LogP contribution in [0.25, 0.3) is 11.3 Å². The molecule has 4 nitrogen and oxygen atoms in total. The van der Waals surface area contributed by atoms with Crippen LogP contribution in [-0.2, 0) is 7.05 Å². The van der Waals surface area contributed by atoms with Crippen LogP contribution in [0.3, 0.4) is 0 Å². The van der Waals surface area contributed by atoms with E-state index in [9.17, 15) is 4.39 Å². The molecule has 0 aliphatic carbocycles. The molecule has 2 rings (SSSR count). The number of hydrogen-bond acceptors (Lipinski definition) is 3. The summed E-state index contributed by atoms with van der Waals surface area (Å²) in [6, 6.07) is 6.65. The van der Waals surface area contributed by atoms with Crippen molar-refractivity contribution < 1.29 is 4.39 Å². The Labute approximate surface area is 99.2 Å². The van der Waals surface area contributed by atoms with Crippen LogP contribution in [0.1, 0.15) is 0 Å². The molecule has 0 fully saturated rings. The fourth-order valence-corrected chi connectivity index (χ4v) is 1.75. The predicted octanol–water partition coefficient (Wildman–Crippen LogP) is 1.60. The van der Waals surface area contributed by atoms with Crippen LogP contribution in [0, 0.1) is 5.82 Å². The monoisotopic (exact) mass is 234 g/mol. The van der Waals surface area contributed by atoms with Gasteiger partial charge in [0.2, 0.25) is 0 Å². The average molecular weight is 234 g/mol. The molecule has 0 saturated heterocycles. The van der Waals surface area contributed by atoms with Crippen molar-refractivity contribution in [2.24, 2.45) is 12.8 Å². The van der Waals surface area contributed by atoms with Gasteiger partial charge in [0.15, 0.2) is 0 Å².